The van der Waals surface area contributed by atoms with Gasteiger partial charge in [0.15, 0.2) is 5.78 Å². The van der Waals surface area contributed by atoms with Crippen LogP contribution in [0.4, 0.5) is 0 Å². The van der Waals surface area contributed by atoms with Crippen LogP contribution >= 0.6 is 11.3 Å². The second kappa shape index (κ2) is 17.2. The Hall–Kier alpha value is -5.01. The summed E-state index contributed by atoms with van der Waals surface area (Å²) in [5, 5.41) is 0.614. The number of nitrogens with zero attached hydrogens (tertiary/aromatic N) is 1. The third-order valence-electron chi connectivity index (χ3n) is 10.7. The van der Waals surface area contributed by atoms with Crippen molar-refractivity contribution in [3.8, 4) is 27.7 Å². The van der Waals surface area contributed by atoms with Crippen molar-refractivity contribution in [1.82, 2.24) is 4.90 Å². The fraction of sp³-hybridized carbons (Fsp3) is 0.312. The number of fused-ring (bicyclic) bond motifs is 1. The number of carbonyl (C=O) groups excluding carboxylic acids is 1. The minimum Gasteiger partial charge on any atom is -0.492 e. The number of piperidine rings is 1. The van der Waals surface area contributed by atoms with Crippen molar-refractivity contribution in [3.63, 3.8) is 0 Å². The Morgan fingerprint density at radius 1 is 0.617 bits per heavy atom. The quantitative estimate of drug-likeness (QED) is 0.0826. The summed E-state index contributed by atoms with van der Waals surface area (Å²) in [7, 11) is -8.29. The molecule has 0 aliphatic carbocycles. The minimum absolute atomic E-state index is 0.0310. The molecule has 0 radical (unpaired) electrons. The standard InChI is InChI=1S/C48H51NO8S3/c1-47(2,3)35-14-23-40(24-15-35)59(51,52)56-38-20-12-34(13-21-38)46-44(45(50)33-10-18-37(19-11-33)55-31-30-49-28-8-7-9-29-49)42-27-22-39(32-43(42)58-46)57-60(53,54)41-25-16-36(17-26-41)48(4,5)6/h10-27,32H,7-9,28-31H2,1-6H3. The first-order valence-corrected chi connectivity index (χ1v) is 23.8. The van der Waals surface area contributed by atoms with E-state index in [1.165, 1.54) is 30.6 Å². The molecule has 1 aliphatic rings. The summed E-state index contributed by atoms with van der Waals surface area (Å²) in [4.78, 5) is 17.6. The third-order valence-corrected chi connectivity index (χ3v) is 14.4. The molecule has 0 atom stereocenters. The third kappa shape index (κ3) is 9.95. The first kappa shape index (κ1) is 43.1. The van der Waals surface area contributed by atoms with Gasteiger partial charge in [0.2, 0.25) is 0 Å². The zero-order valence-electron chi connectivity index (χ0n) is 34.9. The fourth-order valence-corrected chi connectivity index (χ4v) is 10.2. The Kier molecular flexibility index (Phi) is 12.3. The lowest BCUT2D eigenvalue weighted by molar-refractivity contribution is 0.104. The number of thiophene rings is 1. The van der Waals surface area contributed by atoms with Crippen molar-refractivity contribution in [2.24, 2.45) is 0 Å². The SMILES string of the molecule is CC(C)(C)c1ccc(S(=O)(=O)Oc2ccc(-c3sc4cc(OS(=O)(=O)c5ccc(C(C)(C)C)cc5)ccc4c3C(=O)c3ccc(OCCN4CCCCC4)cc3)cc2)cc1. The van der Waals surface area contributed by atoms with E-state index in [0.717, 1.165) is 30.8 Å². The van der Waals surface area contributed by atoms with Crippen molar-refractivity contribution in [2.75, 3.05) is 26.2 Å². The highest BCUT2D eigenvalue weighted by atomic mass is 32.2. The molecular weight excluding hydrogens is 815 g/mol. The largest absolute Gasteiger partial charge is 0.492 e. The van der Waals surface area contributed by atoms with E-state index in [0.29, 0.717) is 44.0 Å². The van der Waals surface area contributed by atoms with E-state index in [2.05, 4.69) is 46.4 Å². The Labute approximate surface area is 358 Å². The van der Waals surface area contributed by atoms with Crippen molar-refractivity contribution in [2.45, 2.75) is 81.4 Å². The molecule has 314 valence electrons. The van der Waals surface area contributed by atoms with Gasteiger partial charge in [-0.2, -0.15) is 16.8 Å². The summed E-state index contributed by atoms with van der Waals surface area (Å²) in [5.74, 6) is 0.647. The van der Waals surface area contributed by atoms with Gasteiger partial charge in [-0.1, -0.05) is 72.2 Å². The second-order valence-electron chi connectivity index (χ2n) is 17.2. The maximum absolute atomic E-state index is 14.5. The van der Waals surface area contributed by atoms with Gasteiger partial charge in [0.25, 0.3) is 0 Å². The summed E-state index contributed by atoms with van der Waals surface area (Å²) >= 11 is 1.30. The first-order chi connectivity index (χ1) is 28.4. The van der Waals surface area contributed by atoms with E-state index in [1.54, 1.807) is 115 Å². The summed E-state index contributed by atoms with van der Waals surface area (Å²) < 4.78 is 71.1. The van der Waals surface area contributed by atoms with Crippen LogP contribution in [0.5, 0.6) is 17.2 Å². The number of carbonyl (C=O) groups is 1. The van der Waals surface area contributed by atoms with Crippen LogP contribution in [0.2, 0.25) is 0 Å². The van der Waals surface area contributed by atoms with Crippen LogP contribution in [0.25, 0.3) is 20.5 Å². The molecule has 0 spiro atoms. The predicted molar refractivity (Wildman–Crippen MR) is 239 cm³/mol. The van der Waals surface area contributed by atoms with Gasteiger partial charge < -0.3 is 13.1 Å². The number of hydrogen-bond acceptors (Lipinski definition) is 10. The fourth-order valence-electron chi connectivity index (χ4n) is 7.13. The summed E-state index contributed by atoms with van der Waals surface area (Å²) in [6.07, 6.45) is 3.69. The van der Waals surface area contributed by atoms with Crippen LogP contribution in [-0.2, 0) is 31.1 Å². The molecule has 0 N–H and O–H groups in total. The van der Waals surface area contributed by atoms with Gasteiger partial charge in [0, 0.05) is 32.6 Å². The predicted octanol–water partition coefficient (Wildman–Crippen LogP) is 10.8. The molecule has 1 aliphatic heterocycles. The summed E-state index contributed by atoms with van der Waals surface area (Å²) in [5.41, 5.74) is 3.22. The second-order valence-corrected chi connectivity index (χ2v) is 21.4. The van der Waals surface area contributed by atoms with E-state index in [-0.39, 0.29) is 37.9 Å². The monoisotopic (exact) mass is 865 g/mol. The number of ether oxygens (including phenoxy) is 1. The topological polar surface area (TPSA) is 116 Å². The lowest BCUT2D eigenvalue weighted by atomic mass is 9.87. The first-order valence-electron chi connectivity index (χ1n) is 20.1. The van der Waals surface area contributed by atoms with Crippen LogP contribution < -0.4 is 13.1 Å². The average molecular weight is 866 g/mol. The molecule has 12 heteroatoms. The van der Waals surface area contributed by atoms with Gasteiger partial charge in [-0.15, -0.1) is 11.3 Å². The molecule has 9 nitrogen and oxygen atoms in total. The maximum Gasteiger partial charge on any atom is 0.339 e. The molecule has 2 heterocycles. The van der Waals surface area contributed by atoms with E-state index in [1.807, 2.05) is 0 Å². The van der Waals surface area contributed by atoms with E-state index in [9.17, 15) is 21.6 Å². The number of ketones is 1. The number of hydrogen-bond donors (Lipinski definition) is 0. The molecule has 0 amide bonds. The molecule has 1 aromatic heterocycles. The van der Waals surface area contributed by atoms with Crippen molar-refractivity contribution in [1.29, 1.82) is 0 Å². The molecule has 0 unspecified atom stereocenters. The lowest BCUT2D eigenvalue weighted by Crippen LogP contribution is -2.33. The highest BCUT2D eigenvalue weighted by Crippen LogP contribution is 2.42. The Bertz CT molecular complexity index is 2690. The van der Waals surface area contributed by atoms with E-state index >= 15 is 0 Å². The smallest absolute Gasteiger partial charge is 0.339 e. The van der Waals surface area contributed by atoms with Crippen LogP contribution in [0.3, 0.4) is 0 Å². The molecular formula is C48H51NO8S3. The van der Waals surface area contributed by atoms with Crippen LogP contribution in [-0.4, -0.2) is 53.8 Å². The van der Waals surface area contributed by atoms with Gasteiger partial charge in [-0.3, -0.25) is 9.69 Å². The number of likely N-dealkylation sites (tertiary alicyclic amines) is 1. The normalized spacial score (nSPS) is 14.2. The van der Waals surface area contributed by atoms with Gasteiger partial charge in [-0.25, -0.2) is 0 Å². The van der Waals surface area contributed by atoms with Crippen LogP contribution in [0.15, 0.2) is 125 Å². The maximum atomic E-state index is 14.5. The van der Waals surface area contributed by atoms with Crippen molar-refractivity contribution in [3.05, 3.63) is 138 Å². The van der Waals surface area contributed by atoms with Gasteiger partial charge in [0.1, 0.15) is 33.6 Å². The molecule has 5 aromatic carbocycles. The Balaban J connectivity index is 1.17. The lowest BCUT2D eigenvalue weighted by Gasteiger charge is -2.26. The van der Waals surface area contributed by atoms with Crippen LogP contribution in [0.1, 0.15) is 87.9 Å². The van der Waals surface area contributed by atoms with Gasteiger partial charge >= 0.3 is 20.2 Å². The number of rotatable bonds is 13. The van der Waals surface area contributed by atoms with E-state index < -0.39 is 20.2 Å². The highest BCUT2D eigenvalue weighted by Gasteiger charge is 2.25. The van der Waals surface area contributed by atoms with Gasteiger partial charge in [0.05, 0.1) is 0 Å². The molecule has 1 saturated heterocycles. The number of benzene rings is 5. The van der Waals surface area contributed by atoms with Crippen LogP contribution in [0, 0.1) is 0 Å². The average Bonchev–Trinajstić information content (AvgIpc) is 3.59. The Morgan fingerprint density at radius 2 is 1.12 bits per heavy atom. The molecule has 0 saturated carbocycles. The molecule has 1 fully saturated rings. The van der Waals surface area contributed by atoms with Crippen molar-refractivity contribution >= 4 is 47.4 Å². The highest BCUT2D eigenvalue weighted by molar-refractivity contribution is 7.87. The molecule has 6 aromatic rings. The Morgan fingerprint density at radius 3 is 1.65 bits per heavy atom. The molecule has 60 heavy (non-hydrogen) atoms. The zero-order valence-corrected chi connectivity index (χ0v) is 37.3. The molecule has 0 bridgehead atoms. The van der Waals surface area contributed by atoms with E-state index in [4.69, 9.17) is 13.1 Å². The minimum atomic E-state index is -4.17. The molecule has 7 rings (SSSR count). The van der Waals surface area contributed by atoms with Gasteiger partial charge in [-0.05, 0) is 144 Å². The zero-order chi connectivity index (χ0) is 42.9. The summed E-state index contributed by atoms with van der Waals surface area (Å²) in [6, 6.07) is 31.8. The van der Waals surface area contributed by atoms with Crippen molar-refractivity contribution < 1.29 is 34.7 Å². The summed E-state index contributed by atoms with van der Waals surface area (Å²) in [6.45, 7) is 15.9.